The Morgan fingerprint density at radius 1 is 0.299 bits per heavy atom. The molecule has 3 saturated carbocycles. The molecule has 3 aromatic carbocycles. The van der Waals surface area contributed by atoms with Crippen molar-refractivity contribution < 1.29 is 13.2 Å². The fourth-order valence-electron chi connectivity index (χ4n) is 7.36. The van der Waals surface area contributed by atoms with Crippen molar-refractivity contribution >= 4 is 0 Å². The molecule has 0 spiro atoms. The van der Waals surface area contributed by atoms with Gasteiger partial charge in [-0.25, -0.2) is 23.1 Å². The van der Waals surface area contributed by atoms with Crippen LogP contribution in [0.25, 0.3) is 0 Å². The molecule has 3 nitrogen and oxygen atoms in total. The lowest BCUT2D eigenvalue weighted by molar-refractivity contribution is 0.308. The van der Waals surface area contributed by atoms with Crippen LogP contribution in [0.2, 0.25) is 0 Å². The van der Waals surface area contributed by atoms with Crippen LogP contribution in [-0.4, -0.2) is 15.0 Å². The first kappa shape index (κ1) is 95.1. The van der Waals surface area contributed by atoms with Crippen LogP contribution in [0.4, 0.5) is 13.2 Å². The molecule has 0 radical (unpaired) electrons. The largest absolute Gasteiger partial charge is 0.261 e. The minimum absolute atomic E-state index is 0. The first-order chi connectivity index (χ1) is 31.6. The van der Waals surface area contributed by atoms with Gasteiger partial charge in [-0.1, -0.05) is 259 Å². The summed E-state index contributed by atoms with van der Waals surface area (Å²) in [4.78, 5) is 12.0. The van der Waals surface area contributed by atoms with Crippen LogP contribution in [-0.2, 0) is 0 Å². The van der Waals surface area contributed by atoms with Crippen molar-refractivity contribution in [1.82, 2.24) is 15.0 Å². The maximum Gasteiger partial charge on any atom is 0.161 e. The minimum Gasteiger partial charge on any atom is -0.261 e. The van der Waals surface area contributed by atoms with E-state index in [1.165, 1.54) is 114 Å². The summed E-state index contributed by atoms with van der Waals surface area (Å²) in [5, 5.41) is 0. The van der Waals surface area contributed by atoms with Gasteiger partial charge in [0, 0.05) is 24.3 Å². The van der Waals surface area contributed by atoms with Crippen molar-refractivity contribution in [1.29, 1.82) is 0 Å². The number of aryl methyl sites for hydroxylation is 10. The lowest BCUT2D eigenvalue weighted by atomic mass is 9.84. The lowest BCUT2D eigenvalue weighted by Crippen LogP contribution is -2.08. The van der Waals surface area contributed by atoms with Crippen molar-refractivity contribution in [2.45, 2.75) is 262 Å². The Kier molecular flexibility index (Phi) is 66.3. The molecule has 3 aliphatic carbocycles. The number of hydrogen-bond acceptors (Lipinski definition) is 3. The number of pyridine rings is 1. The quantitative estimate of drug-likeness (QED) is 0.155. The molecule has 5 aromatic rings. The van der Waals surface area contributed by atoms with E-state index in [0.29, 0.717) is 16.7 Å². The van der Waals surface area contributed by atoms with Crippen LogP contribution >= 0.6 is 0 Å². The maximum absolute atomic E-state index is 12.6. The second-order valence-corrected chi connectivity index (χ2v) is 20.6. The zero-order valence-electron chi connectivity index (χ0n) is 45.0. The van der Waals surface area contributed by atoms with E-state index in [9.17, 15) is 13.2 Å². The Labute approximate surface area is 482 Å². The highest BCUT2D eigenvalue weighted by atomic mass is 19.2. The van der Waals surface area contributed by atoms with Gasteiger partial charge in [0.1, 0.15) is 11.6 Å². The highest BCUT2D eigenvalue weighted by molar-refractivity contribution is 5.24. The van der Waals surface area contributed by atoms with Gasteiger partial charge in [0.15, 0.2) is 11.6 Å². The molecule has 0 unspecified atom stereocenters. The van der Waals surface area contributed by atoms with Gasteiger partial charge >= 0.3 is 0 Å². The molecule has 452 valence electrons. The van der Waals surface area contributed by atoms with Crippen LogP contribution in [0.15, 0.2) is 85.3 Å². The van der Waals surface area contributed by atoms with Crippen LogP contribution in [0.1, 0.15) is 249 Å². The molecule has 0 amide bonds. The summed E-state index contributed by atoms with van der Waals surface area (Å²) in [5.41, 5.74) is 8.44. The average molecular weight is 1080 g/mol. The fourth-order valence-corrected chi connectivity index (χ4v) is 7.36. The predicted octanol–water partition coefficient (Wildman–Crippen LogP) is 25.0. The maximum atomic E-state index is 12.6. The summed E-state index contributed by atoms with van der Waals surface area (Å²) in [7, 11) is 0. The summed E-state index contributed by atoms with van der Waals surface area (Å²) < 4.78 is 37.8. The number of nitrogens with zero attached hydrogens (tertiary/aromatic N) is 3. The second kappa shape index (κ2) is 53.7. The summed E-state index contributed by atoms with van der Waals surface area (Å²) in [6.07, 6.45) is 23.2. The molecule has 0 atom stereocenters. The molecule has 0 bridgehead atoms. The van der Waals surface area contributed by atoms with E-state index in [2.05, 4.69) is 101 Å². The van der Waals surface area contributed by atoms with E-state index in [1.807, 2.05) is 65.3 Å². The van der Waals surface area contributed by atoms with Crippen molar-refractivity contribution in [2.75, 3.05) is 0 Å². The summed E-state index contributed by atoms with van der Waals surface area (Å²) in [6.45, 7) is 33.0. The topological polar surface area (TPSA) is 38.7 Å². The third kappa shape index (κ3) is 47.4. The van der Waals surface area contributed by atoms with E-state index >= 15 is 0 Å². The zero-order valence-corrected chi connectivity index (χ0v) is 45.0. The van der Waals surface area contributed by atoms with Crippen LogP contribution < -0.4 is 0 Å². The SMILES string of the molecule is C.C.C.C.C.C.C.C.C.C.CC1CCC(C)CC1.CC1CCC(C)CC1.CC1CCC(C)CC1.Cc1ccc(C)c(F)c1.Cc1ccc(C)c(F)c1F.Cc1ccc(C)cc1.Cc1ccc(C)nc1.Cc1cnc(C)nc1. The smallest absolute Gasteiger partial charge is 0.161 e. The van der Waals surface area contributed by atoms with Crippen LogP contribution in [0.3, 0.4) is 0 Å². The zero-order chi connectivity index (χ0) is 50.5. The fraction of sp³-hybridized carbons (Fsp3) is 0.620. The van der Waals surface area contributed by atoms with Crippen molar-refractivity contribution in [3.8, 4) is 0 Å². The number of benzene rings is 3. The molecular weight excluding hydrogens is 952 g/mol. The molecule has 8 rings (SSSR count). The summed E-state index contributed by atoms with van der Waals surface area (Å²) >= 11 is 0. The van der Waals surface area contributed by atoms with E-state index in [0.717, 1.165) is 58.2 Å². The Morgan fingerprint density at radius 2 is 0.545 bits per heavy atom. The Balaban J connectivity index is -0.0000000818. The standard InChI is InChI=1S/C8H8F2.C8H9F.3C8H16.C8H10.C7H9N.C6H8N2.10CH4/c1-5-3-4-6(2)8(10)7(5)9;1-6-3-4-7(2)8(9)5-6;4*1-7-3-5-8(2)6-4-7;1-6-3-4-7(2)8-5-6;1-5-3-7-6(2)8-4-5;;;;;;;;;;/h3-4H,1-2H3;3-5H,1-2H3;3*7-8H,3-6H2,1-2H3;3-6H,1-2H3;3-5H,1-2H3;3-4H,1-2H3;10*1H4. The number of aromatic nitrogens is 3. The van der Waals surface area contributed by atoms with Gasteiger partial charge in [0.05, 0.1) is 0 Å². The van der Waals surface area contributed by atoms with Crippen molar-refractivity contribution in [2.24, 2.45) is 35.5 Å². The van der Waals surface area contributed by atoms with Crippen LogP contribution in [0, 0.1) is 122 Å². The number of halogens is 3. The van der Waals surface area contributed by atoms with E-state index in [1.54, 1.807) is 25.1 Å². The molecule has 2 aromatic heterocycles. The van der Waals surface area contributed by atoms with Gasteiger partial charge in [-0.05, 0) is 150 Å². The Morgan fingerprint density at radius 3 is 0.766 bits per heavy atom. The third-order valence-electron chi connectivity index (χ3n) is 12.9. The molecular formula is C71H132F3N3. The van der Waals surface area contributed by atoms with Crippen molar-refractivity contribution in [3.05, 3.63) is 159 Å². The van der Waals surface area contributed by atoms with Gasteiger partial charge < -0.3 is 0 Å². The molecule has 3 aliphatic rings. The average Bonchev–Trinajstić information content (AvgIpc) is 3.30. The Bertz CT molecular complexity index is 1730. The second-order valence-electron chi connectivity index (χ2n) is 20.6. The third-order valence-corrected chi connectivity index (χ3v) is 12.9. The molecule has 6 heteroatoms. The first-order valence-electron chi connectivity index (χ1n) is 25.4. The van der Waals surface area contributed by atoms with E-state index in [4.69, 9.17) is 0 Å². The molecule has 0 saturated heterocycles. The van der Waals surface area contributed by atoms with E-state index in [-0.39, 0.29) is 80.1 Å². The minimum atomic E-state index is -0.736. The van der Waals surface area contributed by atoms with Gasteiger partial charge in [0.2, 0.25) is 0 Å². The highest BCUT2D eigenvalue weighted by Gasteiger charge is 2.15. The van der Waals surface area contributed by atoms with Crippen LogP contribution in [0.5, 0.6) is 0 Å². The molecule has 0 aliphatic heterocycles. The van der Waals surface area contributed by atoms with Crippen molar-refractivity contribution in [3.63, 3.8) is 0 Å². The van der Waals surface area contributed by atoms with Gasteiger partial charge in [-0.2, -0.15) is 0 Å². The lowest BCUT2D eigenvalue weighted by Gasteiger charge is -2.22. The summed E-state index contributed by atoms with van der Waals surface area (Å²) in [5.74, 6) is 5.36. The molecule has 3 fully saturated rings. The van der Waals surface area contributed by atoms with Gasteiger partial charge in [0.25, 0.3) is 0 Å². The normalized spacial score (nSPS) is 17.7. The molecule has 2 heterocycles. The molecule has 0 N–H and O–H groups in total. The first-order valence-corrected chi connectivity index (χ1v) is 25.4. The number of hydrogen-bond donors (Lipinski definition) is 0. The van der Waals surface area contributed by atoms with Gasteiger partial charge in [-0.15, -0.1) is 0 Å². The van der Waals surface area contributed by atoms with E-state index < -0.39 is 11.6 Å². The predicted molar refractivity (Wildman–Crippen MR) is 351 cm³/mol. The number of rotatable bonds is 0. The monoisotopic (exact) mass is 1080 g/mol. The highest BCUT2D eigenvalue weighted by Crippen LogP contribution is 2.29. The molecule has 77 heavy (non-hydrogen) atoms. The summed E-state index contributed by atoms with van der Waals surface area (Å²) in [6, 6.07) is 20.9. The van der Waals surface area contributed by atoms with Gasteiger partial charge in [-0.3, -0.25) is 4.98 Å². The Hall–Kier alpha value is -4.32.